The first-order valence-electron chi connectivity index (χ1n) is 8.25. The number of carbonyl (C=O) groups is 1. The lowest BCUT2D eigenvalue weighted by Gasteiger charge is -2.30. The average Bonchev–Trinajstić information content (AvgIpc) is 2.67. The summed E-state index contributed by atoms with van der Waals surface area (Å²) in [6, 6.07) is 15.0. The van der Waals surface area contributed by atoms with E-state index in [1.54, 1.807) is 19.2 Å². The molecule has 3 rings (SSSR count). The maximum Gasteiger partial charge on any atom is 0.262 e. The van der Waals surface area contributed by atoms with Crippen LogP contribution in [0.2, 0.25) is 0 Å². The van der Waals surface area contributed by atoms with E-state index in [0.717, 1.165) is 24.5 Å². The number of carbonyl (C=O) groups excluding carboxylic acids is 1. The van der Waals surface area contributed by atoms with E-state index >= 15 is 0 Å². The second kappa shape index (κ2) is 8.39. The van der Waals surface area contributed by atoms with E-state index in [0.29, 0.717) is 24.7 Å². The molecule has 25 heavy (non-hydrogen) atoms. The van der Waals surface area contributed by atoms with Gasteiger partial charge in [-0.1, -0.05) is 24.3 Å². The molecule has 0 spiro atoms. The minimum atomic E-state index is -0.216. The van der Waals surface area contributed by atoms with Gasteiger partial charge in [-0.3, -0.25) is 4.79 Å². The number of rotatable bonds is 6. The molecule has 2 aromatic carbocycles. The van der Waals surface area contributed by atoms with Crippen molar-refractivity contribution in [2.24, 2.45) is 0 Å². The van der Waals surface area contributed by atoms with Gasteiger partial charge in [-0.2, -0.15) is 0 Å². The molecule has 0 bridgehead atoms. The minimum absolute atomic E-state index is 0.0855. The molecular weight excluding hydrogens is 320 g/mol. The van der Waals surface area contributed by atoms with Crippen molar-refractivity contribution in [1.29, 1.82) is 0 Å². The molecule has 1 aliphatic heterocycles. The fourth-order valence-corrected chi connectivity index (χ4v) is 2.73. The standard InChI is InChI=1S/C19H22N2O4/c1-23-17-8-4-5-9-18(17)25-14-19(22)20-15-6-2-3-7-16(15)21-10-12-24-13-11-21/h2-9H,10-14H2,1H3,(H,20,22). The van der Waals surface area contributed by atoms with E-state index in [1.807, 2.05) is 36.4 Å². The second-order valence-corrected chi connectivity index (χ2v) is 5.60. The number of para-hydroxylation sites is 4. The molecule has 1 heterocycles. The molecule has 1 saturated heterocycles. The summed E-state index contributed by atoms with van der Waals surface area (Å²) in [5.41, 5.74) is 1.77. The van der Waals surface area contributed by atoms with Gasteiger partial charge in [0.25, 0.3) is 5.91 Å². The highest BCUT2D eigenvalue weighted by Gasteiger charge is 2.16. The number of hydrogen-bond acceptors (Lipinski definition) is 5. The number of amides is 1. The lowest BCUT2D eigenvalue weighted by molar-refractivity contribution is -0.118. The topological polar surface area (TPSA) is 60.0 Å². The number of anilines is 2. The smallest absolute Gasteiger partial charge is 0.262 e. The summed E-state index contributed by atoms with van der Waals surface area (Å²) in [4.78, 5) is 14.5. The second-order valence-electron chi connectivity index (χ2n) is 5.60. The van der Waals surface area contributed by atoms with E-state index in [2.05, 4.69) is 10.2 Å². The van der Waals surface area contributed by atoms with Gasteiger partial charge in [0.2, 0.25) is 0 Å². The zero-order valence-corrected chi connectivity index (χ0v) is 14.2. The summed E-state index contributed by atoms with van der Waals surface area (Å²) in [5, 5.41) is 2.93. The zero-order chi connectivity index (χ0) is 17.5. The van der Waals surface area contributed by atoms with E-state index in [9.17, 15) is 4.79 Å². The van der Waals surface area contributed by atoms with Crippen molar-refractivity contribution < 1.29 is 19.0 Å². The van der Waals surface area contributed by atoms with Gasteiger partial charge in [0.1, 0.15) is 0 Å². The normalized spacial score (nSPS) is 14.0. The van der Waals surface area contributed by atoms with Gasteiger partial charge in [0.15, 0.2) is 18.1 Å². The van der Waals surface area contributed by atoms with Crippen molar-refractivity contribution in [2.75, 3.05) is 50.2 Å². The number of morpholine rings is 1. The van der Waals surface area contributed by atoms with E-state index in [4.69, 9.17) is 14.2 Å². The van der Waals surface area contributed by atoms with Gasteiger partial charge in [0, 0.05) is 13.1 Å². The fourth-order valence-electron chi connectivity index (χ4n) is 2.73. The van der Waals surface area contributed by atoms with Crippen molar-refractivity contribution in [1.82, 2.24) is 0 Å². The minimum Gasteiger partial charge on any atom is -0.493 e. The maximum absolute atomic E-state index is 12.3. The van der Waals surface area contributed by atoms with Crippen molar-refractivity contribution in [3.63, 3.8) is 0 Å². The summed E-state index contributed by atoms with van der Waals surface area (Å²) in [5.74, 6) is 0.928. The molecule has 1 N–H and O–H groups in total. The number of benzene rings is 2. The molecule has 0 atom stereocenters. The van der Waals surface area contributed by atoms with Crippen LogP contribution in [-0.4, -0.2) is 45.9 Å². The predicted molar refractivity (Wildman–Crippen MR) is 96.6 cm³/mol. The van der Waals surface area contributed by atoms with Crippen LogP contribution in [0.3, 0.4) is 0 Å². The molecule has 0 aromatic heterocycles. The molecule has 0 radical (unpaired) electrons. The average molecular weight is 342 g/mol. The van der Waals surface area contributed by atoms with Crippen LogP contribution in [-0.2, 0) is 9.53 Å². The number of nitrogens with zero attached hydrogens (tertiary/aromatic N) is 1. The Kier molecular flexibility index (Phi) is 5.74. The zero-order valence-electron chi connectivity index (χ0n) is 14.2. The number of methoxy groups -OCH3 is 1. The summed E-state index contributed by atoms with van der Waals surface area (Å²) in [6.45, 7) is 2.92. The molecule has 2 aromatic rings. The van der Waals surface area contributed by atoms with Crippen LogP contribution in [0.4, 0.5) is 11.4 Å². The lowest BCUT2D eigenvalue weighted by atomic mass is 10.2. The molecule has 6 heteroatoms. The van der Waals surface area contributed by atoms with Crippen molar-refractivity contribution in [2.45, 2.75) is 0 Å². The van der Waals surface area contributed by atoms with Gasteiger partial charge >= 0.3 is 0 Å². The monoisotopic (exact) mass is 342 g/mol. The van der Waals surface area contributed by atoms with Crippen LogP contribution in [0.1, 0.15) is 0 Å². The summed E-state index contributed by atoms with van der Waals surface area (Å²) in [6.07, 6.45) is 0. The predicted octanol–water partition coefficient (Wildman–Crippen LogP) is 2.55. The Morgan fingerprint density at radius 3 is 2.52 bits per heavy atom. The number of ether oxygens (including phenoxy) is 3. The molecule has 1 fully saturated rings. The number of nitrogens with one attached hydrogen (secondary N) is 1. The first kappa shape index (κ1) is 17.1. The molecule has 132 valence electrons. The van der Waals surface area contributed by atoms with Crippen LogP contribution in [0.5, 0.6) is 11.5 Å². The molecule has 0 unspecified atom stereocenters. The van der Waals surface area contributed by atoms with Crippen molar-refractivity contribution >= 4 is 17.3 Å². The van der Waals surface area contributed by atoms with Gasteiger partial charge in [-0.05, 0) is 24.3 Å². The third-order valence-electron chi connectivity index (χ3n) is 3.96. The van der Waals surface area contributed by atoms with Crippen LogP contribution in [0, 0.1) is 0 Å². The Balaban J connectivity index is 1.63. The van der Waals surface area contributed by atoms with Gasteiger partial charge in [0.05, 0.1) is 31.7 Å². The van der Waals surface area contributed by atoms with E-state index < -0.39 is 0 Å². The molecule has 0 saturated carbocycles. The van der Waals surface area contributed by atoms with Crippen LogP contribution in [0.25, 0.3) is 0 Å². The third kappa shape index (κ3) is 4.42. The quantitative estimate of drug-likeness (QED) is 0.874. The van der Waals surface area contributed by atoms with Crippen LogP contribution < -0.4 is 19.7 Å². The van der Waals surface area contributed by atoms with Gasteiger partial charge in [-0.25, -0.2) is 0 Å². The highest BCUT2D eigenvalue weighted by molar-refractivity contribution is 5.95. The molecule has 6 nitrogen and oxygen atoms in total. The molecular formula is C19H22N2O4. The SMILES string of the molecule is COc1ccccc1OCC(=O)Nc1ccccc1N1CCOCC1. The number of hydrogen-bond donors (Lipinski definition) is 1. The third-order valence-corrected chi connectivity index (χ3v) is 3.96. The highest BCUT2D eigenvalue weighted by atomic mass is 16.5. The van der Waals surface area contributed by atoms with Crippen LogP contribution >= 0.6 is 0 Å². The summed E-state index contributed by atoms with van der Waals surface area (Å²) < 4.78 is 16.2. The Bertz CT molecular complexity index is 714. The molecule has 0 aliphatic carbocycles. The molecule has 1 amide bonds. The van der Waals surface area contributed by atoms with Gasteiger partial charge < -0.3 is 24.4 Å². The Hall–Kier alpha value is -2.73. The Morgan fingerprint density at radius 2 is 1.76 bits per heavy atom. The first-order valence-corrected chi connectivity index (χ1v) is 8.25. The van der Waals surface area contributed by atoms with Crippen LogP contribution in [0.15, 0.2) is 48.5 Å². The molecule has 1 aliphatic rings. The highest BCUT2D eigenvalue weighted by Crippen LogP contribution is 2.27. The van der Waals surface area contributed by atoms with E-state index in [-0.39, 0.29) is 12.5 Å². The maximum atomic E-state index is 12.3. The van der Waals surface area contributed by atoms with Crippen molar-refractivity contribution in [3.05, 3.63) is 48.5 Å². The fraction of sp³-hybridized carbons (Fsp3) is 0.316. The van der Waals surface area contributed by atoms with Gasteiger partial charge in [-0.15, -0.1) is 0 Å². The Labute approximate surface area is 147 Å². The first-order chi connectivity index (χ1) is 12.3. The lowest BCUT2D eigenvalue weighted by Crippen LogP contribution is -2.37. The van der Waals surface area contributed by atoms with E-state index in [1.165, 1.54) is 0 Å². The summed E-state index contributed by atoms with van der Waals surface area (Å²) in [7, 11) is 1.57. The Morgan fingerprint density at radius 1 is 1.08 bits per heavy atom. The largest absolute Gasteiger partial charge is 0.493 e. The van der Waals surface area contributed by atoms with Crippen molar-refractivity contribution in [3.8, 4) is 11.5 Å². The summed E-state index contributed by atoms with van der Waals surface area (Å²) >= 11 is 0.